The molecule has 0 aliphatic carbocycles. The Morgan fingerprint density at radius 3 is 2.52 bits per heavy atom. The van der Waals surface area contributed by atoms with E-state index in [-0.39, 0.29) is 12.3 Å². The van der Waals surface area contributed by atoms with Crippen molar-refractivity contribution in [2.45, 2.75) is 19.0 Å². The highest BCUT2D eigenvalue weighted by molar-refractivity contribution is 7.59. The lowest BCUT2D eigenvalue weighted by molar-refractivity contribution is -0.115. The quantitative estimate of drug-likeness (QED) is 0.588. The van der Waals surface area contributed by atoms with E-state index in [4.69, 9.17) is 13.6 Å². The van der Waals surface area contributed by atoms with E-state index < -0.39 is 7.94 Å². The summed E-state index contributed by atoms with van der Waals surface area (Å²) in [5, 5.41) is 6.71. The van der Waals surface area contributed by atoms with Gasteiger partial charge < -0.3 is 9.84 Å². The van der Waals surface area contributed by atoms with Gasteiger partial charge in [-0.25, -0.2) is 0 Å². The fourth-order valence-electron chi connectivity index (χ4n) is 3.12. The molecule has 2 aromatic carbocycles. The molecule has 0 spiro atoms. The molecule has 0 bridgehead atoms. The van der Waals surface area contributed by atoms with E-state index in [1.807, 2.05) is 42.5 Å². The highest BCUT2D eigenvalue weighted by Crippen LogP contribution is 2.61. The summed E-state index contributed by atoms with van der Waals surface area (Å²) in [7, 11) is -2.81. The minimum atomic E-state index is -2.81. The molecule has 1 aliphatic rings. The van der Waals surface area contributed by atoms with Gasteiger partial charge in [-0.3, -0.25) is 4.79 Å². The molecule has 0 radical (unpaired) electrons. The molecule has 1 amide bonds. The summed E-state index contributed by atoms with van der Waals surface area (Å²) in [5.41, 5.74) is 3.17. The second-order valence-corrected chi connectivity index (χ2v) is 8.89. The number of carbonyl (C=O) groups is 1. The van der Waals surface area contributed by atoms with Gasteiger partial charge in [-0.2, -0.15) is 13.9 Å². The van der Waals surface area contributed by atoms with Gasteiger partial charge in [-0.15, -0.1) is 0 Å². The number of carbonyl (C=O) groups excluding carboxylic acids is 1. The summed E-state index contributed by atoms with van der Waals surface area (Å²) in [6, 6.07) is 16.9. The topological polar surface area (TPSA) is 93.8 Å². The summed E-state index contributed by atoms with van der Waals surface area (Å²) in [5.74, 6) is 0.434. The Balaban J connectivity index is 1.36. The molecule has 0 unspecified atom stereocenters. The van der Waals surface area contributed by atoms with Crippen LogP contribution in [0, 0.1) is 0 Å². The van der Waals surface area contributed by atoms with Crippen molar-refractivity contribution in [2.75, 3.05) is 18.5 Å². The molecule has 0 saturated carbocycles. The molecule has 1 saturated heterocycles. The molecule has 7 nitrogen and oxygen atoms in total. The van der Waals surface area contributed by atoms with Crippen molar-refractivity contribution in [3.8, 4) is 11.3 Å². The molecular formula is C21H22N2O5P+. The molecule has 150 valence electrons. The molecule has 0 atom stereocenters. The van der Waals surface area contributed by atoms with E-state index in [9.17, 15) is 9.69 Å². The Kier molecular flexibility index (Phi) is 6.02. The average molecular weight is 413 g/mol. The van der Waals surface area contributed by atoms with Crippen LogP contribution in [0.25, 0.3) is 11.3 Å². The first-order chi connectivity index (χ1) is 14.1. The highest BCUT2D eigenvalue weighted by Gasteiger charge is 2.43. The first-order valence-corrected chi connectivity index (χ1v) is 11.2. The van der Waals surface area contributed by atoms with Crippen molar-refractivity contribution < 1.29 is 23.3 Å². The largest absolute Gasteiger partial charge is 0.413 e. The number of anilines is 1. The zero-order chi connectivity index (χ0) is 20.1. The van der Waals surface area contributed by atoms with E-state index in [0.717, 1.165) is 23.1 Å². The summed E-state index contributed by atoms with van der Waals surface area (Å²) < 4.78 is 16.2. The fraction of sp³-hybridized carbons (Fsp3) is 0.238. The Morgan fingerprint density at radius 2 is 1.79 bits per heavy atom. The monoisotopic (exact) mass is 413 g/mol. The molecule has 1 aliphatic heterocycles. The SMILES string of the molecule is O=C(Cc1cnoc1-c1ccccc1)Nc1ccc(C[P+]2(O)OCCCO2)cc1. The summed E-state index contributed by atoms with van der Waals surface area (Å²) in [4.78, 5) is 22.8. The van der Waals surface area contributed by atoms with Crippen LogP contribution in [-0.4, -0.2) is 29.2 Å². The van der Waals surface area contributed by atoms with Crippen molar-refractivity contribution in [1.29, 1.82) is 0 Å². The van der Waals surface area contributed by atoms with Crippen molar-refractivity contribution in [3.63, 3.8) is 0 Å². The maximum Gasteiger partial charge on any atom is 0.413 e. The zero-order valence-corrected chi connectivity index (χ0v) is 16.7. The maximum atomic E-state index is 12.5. The van der Waals surface area contributed by atoms with Crippen molar-refractivity contribution in [3.05, 3.63) is 71.9 Å². The third-order valence-corrected chi connectivity index (χ3v) is 6.46. The van der Waals surface area contributed by atoms with Gasteiger partial charge in [0.05, 0.1) is 25.8 Å². The minimum Gasteiger partial charge on any atom is -0.356 e. The van der Waals surface area contributed by atoms with Crippen LogP contribution >= 0.6 is 7.94 Å². The van der Waals surface area contributed by atoms with Crippen LogP contribution in [0.15, 0.2) is 65.3 Å². The Morgan fingerprint density at radius 1 is 1.07 bits per heavy atom. The number of benzene rings is 2. The van der Waals surface area contributed by atoms with Crippen LogP contribution in [0.1, 0.15) is 17.5 Å². The third-order valence-electron chi connectivity index (χ3n) is 4.53. The summed E-state index contributed by atoms with van der Waals surface area (Å²) in [6.07, 6.45) is 2.86. The second kappa shape index (κ2) is 8.84. The molecule has 1 fully saturated rings. The zero-order valence-electron chi connectivity index (χ0n) is 15.8. The van der Waals surface area contributed by atoms with Crippen LogP contribution in [-0.2, 0) is 26.4 Å². The fourth-order valence-corrected chi connectivity index (χ4v) is 4.88. The van der Waals surface area contributed by atoms with Crippen LogP contribution in [0.2, 0.25) is 0 Å². The van der Waals surface area contributed by atoms with Gasteiger partial charge in [0.2, 0.25) is 5.91 Å². The van der Waals surface area contributed by atoms with Gasteiger partial charge in [-0.1, -0.05) is 47.6 Å². The number of nitrogens with one attached hydrogen (secondary N) is 1. The average Bonchev–Trinajstić information content (AvgIpc) is 3.18. The Labute approximate surface area is 169 Å². The van der Waals surface area contributed by atoms with Crippen LogP contribution < -0.4 is 5.32 Å². The predicted molar refractivity (Wildman–Crippen MR) is 110 cm³/mol. The minimum absolute atomic E-state index is 0.155. The highest BCUT2D eigenvalue weighted by atomic mass is 31.2. The van der Waals surface area contributed by atoms with Crippen LogP contribution in [0.3, 0.4) is 0 Å². The third kappa shape index (κ3) is 5.08. The summed E-state index contributed by atoms with van der Waals surface area (Å²) >= 11 is 0. The maximum absolute atomic E-state index is 12.5. The lowest BCUT2D eigenvalue weighted by atomic mass is 10.1. The van der Waals surface area contributed by atoms with Crippen LogP contribution in [0.4, 0.5) is 5.69 Å². The van der Waals surface area contributed by atoms with E-state index in [1.165, 1.54) is 0 Å². The van der Waals surface area contributed by atoms with E-state index in [2.05, 4.69) is 10.5 Å². The second-order valence-electron chi connectivity index (χ2n) is 6.78. The lowest BCUT2D eigenvalue weighted by Crippen LogP contribution is -2.15. The number of hydrogen-bond acceptors (Lipinski definition) is 6. The number of hydrogen-bond donors (Lipinski definition) is 2. The van der Waals surface area contributed by atoms with Crippen molar-refractivity contribution >= 4 is 19.5 Å². The molecule has 29 heavy (non-hydrogen) atoms. The van der Waals surface area contributed by atoms with E-state index >= 15 is 0 Å². The molecule has 2 heterocycles. The number of amides is 1. The van der Waals surface area contributed by atoms with Crippen molar-refractivity contribution in [2.24, 2.45) is 0 Å². The molecule has 4 rings (SSSR count). The lowest BCUT2D eigenvalue weighted by Gasteiger charge is -2.21. The normalized spacial score (nSPS) is 15.8. The Hall–Kier alpha value is -2.57. The number of aromatic nitrogens is 1. The number of nitrogens with zero attached hydrogens (tertiary/aromatic N) is 1. The van der Waals surface area contributed by atoms with Crippen molar-refractivity contribution in [1.82, 2.24) is 5.16 Å². The first kappa shape index (κ1) is 19.7. The molecule has 3 aromatic rings. The Bertz CT molecular complexity index is 953. The molecule has 2 N–H and O–H groups in total. The van der Waals surface area contributed by atoms with Gasteiger partial charge in [0.1, 0.15) is 0 Å². The first-order valence-electron chi connectivity index (χ1n) is 9.39. The smallest absolute Gasteiger partial charge is 0.356 e. The number of rotatable bonds is 6. The van der Waals surface area contributed by atoms with E-state index in [1.54, 1.807) is 18.3 Å². The van der Waals surface area contributed by atoms with Crippen LogP contribution in [0.5, 0.6) is 0 Å². The van der Waals surface area contributed by atoms with Gasteiger partial charge in [0, 0.05) is 23.2 Å². The van der Waals surface area contributed by atoms with Gasteiger partial charge in [-0.05, 0) is 17.7 Å². The standard InChI is InChI=1S/C21H21N2O5P/c24-20(13-18-14-22-28-21(18)17-5-2-1-3-6-17)23-19-9-7-16(8-10-19)15-29(25)26-11-4-12-27-29/h1-3,5-10,14,25H,4,11-13,15H2/p+1. The van der Waals surface area contributed by atoms with Gasteiger partial charge in [0.15, 0.2) is 11.9 Å². The molecular weight excluding hydrogens is 391 g/mol. The van der Waals surface area contributed by atoms with Gasteiger partial charge >= 0.3 is 7.94 Å². The molecule has 1 aromatic heterocycles. The predicted octanol–water partition coefficient (Wildman–Crippen LogP) is 4.21. The summed E-state index contributed by atoms with van der Waals surface area (Å²) in [6.45, 7) is 1.04. The molecule has 8 heteroatoms. The van der Waals surface area contributed by atoms with Gasteiger partial charge in [0.25, 0.3) is 0 Å². The van der Waals surface area contributed by atoms with E-state index in [0.29, 0.717) is 30.8 Å².